The second-order valence-electron chi connectivity index (χ2n) is 6.56. The minimum atomic E-state index is -1.03. The highest BCUT2D eigenvalue weighted by atomic mass is 35.5. The van der Waals surface area contributed by atoms with E-state index in [4.69, 9.17) is 10.9 Å². The van der Waals surface area contributed by atoms with Gasteiger partial charge in [-0.25, -0.2) is 4.79 Å². The van der Waals surface area contributed by atoms with Gasteiger partial charge in [0.25, 0.3) is 0 Å². The van der Waals surface area contributed by atoms with Gasteiger partial charge in [0.1, 0.15) is 20.7 Å². The Morgan fingerprint density at radius 2 is 1.50 bits per heavy atom. The van der Waals surface area contributed by atoms with Gasteiger partial charge in [-0.2, -0.15) is 0 Å². The minimum Gasteiger partial charge on any atom is -0.461 e. The van der Waals surface area contributed by atoms with Crippen molar-refractivity contribution in [2.45, 2.75) is 45.1 Å². The largest absolute Gasteiger partial charge is 0.461 e. The van der Waals surface area contributed by atoms with Crippen LogP contribution in [0.1, 0.15) is 30.9 Å². The highest BCUT2D eigenvalue weighted by Crippen LogP contribution is 2.08. The van der Waals surface area contributed by atoms with Crippen molar-refractivity contribution in [3.05, 3.63) is 71.8 Å². The molecule has 2 atom stereocenters. The Balaban J connectivity index is 0.00000480. The second kappa shape index (κ2) is 13.3. The van der Waals surface area contributed by atoms with Gasteiger partial charge in [-0.1, -0.05) is 60.7 Å². The average molecular weight is 436 g/mol. The SMILES string of the molecule is Cl.[2H]N[C@@H](C)C(=O)N[C@@H](CCC(=O)OCc1ccccc1)C(=O)OCc1ccccc1. The van der Waals surface area contributed by atoms with Crippen molar-refractivity contribution in [1.82, 2.24) is 5.32 Å². The van der Waals surface area contributed by atoms with Crippen molar-refractivity contribution in [1.29, 1.82) is 0 Å². The van der Waals surface area contributed by atoms with Crippen LogP contribution in [0.4, 0.5) is 0 Å². The van der Waals surface area contributed by atoms with Gasteiger partial charge in [0.05, 0.1) is 6.04 Å². The van der Waals surface area contributed by atoms with E-state index in [2.05, 4.69) is 11.0 Å². The molecule has 0 aromatic heterocycles. The number of halogens is 1. The summed E-state index contributed by atoms with van der Waals surface area (Å²) in [4.78, 5) is 36.7. The molecule has 0 saturated heterocycles. The first-order valence-electron chi connectivity index (χ1n) is 9.87. The minimum absolute atomic E-state index is 0. The maximum absolute atomic E-state index is 12.5. The van der Waals surface area contributed by atoms with Crippen LogP contribution in [0, 0.1) is 0 Å². The smallest absolute Gasteiger partial charge is 0.328 e. The fourth-order valence-electron chi connectivity index (χ4n) is 2.45. The molecule has 162 valence electrons. The topological polar surface area (TPSA) is 108 Å². The molecule has 1 amide bonds. The second-order valence-corrected chi connectivity index (χ2v) is 6.56. The lowest BCUT2D eigenvalue weighted by Gasteiger charge is -2.18. The van der Waals surface area contributed by atoms with Crippen molar-refractivity contribution in [3.63, 3.8) is 0 Å². The number of amides is 1. The van der Waals surface area contributed by atoms with E-state index in [1.807, 2.05) is 60.7 Å². The van der Waals surface area contributed by atoms with Gasteiger partial charge in [-0.3, -0.25) is 9.59 Å². The van der Waals surface area contributed by atoms with Crippen LogP contribution in [0.5, 0.6) is 0 Å². The maximum Gasteiger partial charge on any atom is 0.328 e. The monoisotopic (exact) mass is 435 g/mol. The molecular formula is C22H27ClN2O5. The first-order valence-corrected chi connectivity index (χ1v) is 9.37. The van der Waals surface area contributed by atoms with Crippen LogP contribution in [0.2, 0.25) is 1.41 Å². The summed E-state index contributed by atoms with van der Waals surface area (Å²) in [6.07, 6.45) is -0.0430. The van der Waals surface area contributed by atoms with Gasteiger partial charge >= 0.3 is 11.9 Å². The molecule has 0 spiro atoms. The molecule has 0 heterocycles. The van der Waals surface area contributed by atoms with Crippen LogP contribution in [0.15, 0.2) is 60.7 Å². The third kappa shape index (κ3) is 9.07. The van der Waals surface area contributed by atoms with E-state index in [0.29, 0.717) is 0 Å². The number of hydrogen-bond donors (Lipinski definition) is 2. The van der Waals surface area contributed by atoms with Crippen molar-refractivity contribution < 1.29 is 25.3 Å². The molecule has 0 radical (unpaired) electrons. The molecule has 2 rings (SSSR count). The Bertz CT molecular complexity index is 823. The number of carbonyl (C=O) groups is 3. The van der Waals surface area contributed by atoms with E-state index in [1.165, 1.54) is 6.92 Å². The van der Waals surface area contributed by atoms with Gasteiger partial charge in [0, 0.05) is 6.42 Å². The predicted molar refractivity (Wildman–Crippen MR) is 115 cm³/mol. The van der Waals surface area contributed by atoms with Crippen LogP contribution < -0.4 is 11.0 Å². The highest BCUT2D eigenvalue weighted by Gasteiger charge is 2.25. The Morgan fingerprint density at radius 1 is 0.967 bits per heavy atom. The molecular weight excluding hydrogens is 408 g/mol. The molecule has 2 aromatic carbocycles. The fourth-order valence-corrected chi connectivity index (χ4v) is 2.45. The van der Waals surface area contributed by atoms with E-state index in [9.17, 15) is 14.4 Å². The average Bonchev–Trinajstić information content (AvgIpc) is 2.79. The number of benzene rings is 2. The summed E-state index contributed by atoms with van der Waals surface area (Å²) in [5, 5.41) is 2.53. The quantitative estimate of drug-likeness (QED) is 0.525. The molecule has 0 fully saturated rings. The Labute approximate surface area is 183 Å². The molecule has 8 heteroatoms. The molecule has 30 heavy (non-hydrogen) atoms. The van der Waals surface area contributed by atoms with E-state index in [1.54, 1.807) is 0 Å². The molecule has 0 saturated carbocycles. The number of rotatable bonds is 11. The van der Waals surface area contributed by atoms with Gasteiger partial charge in [0.2, 0.25) is 5.91 Å². The first-order chi connectivity index (χ1) is 14.5. The molecule has 0 unspecified atom stereocenters. The maximum atomic E-state index is 12.5. The third-order valence-corrected chi connectivity index (χ3v) is 4.10. The number of hydrogen-bond acceptors (Lipinski definition) is 6. The fraction of sp³-hybridized carbons (Fsp3) is 0.318. The Morgan fingerprint density at radius 3 is 2.03 bits per heavy atom. The molecule has 7 nitrogen and oxygen atoms in total. The summed E-state index contributed by atoms with van der Waals surface area (Å²) in [7, 11) is 0. The molecule has 0 aliphatic rings. The lowest BCUT2D eigenvalue weighted by atomic mass is 10.1. The number of esters is 2. The number of nitrogens with one attached hydrogen (secondary N) is 1. The summed E-state index contributed by atoms with van der Waals surface area (Å²) in [5.74, 6) is -1.68. The zero-order valence-corrected chi connectivity index (χ0v) is 17.5. The summed E-state index contributed by atoms with van der Waals surface area (Å²) < 4.78 is 17.6. The van der Waals surface area contributed by atoms with Crippen LogP contribution in [-0.2, 0) is 37.1 Å². The lowest BCUT2D eigenvalue weighted by molar-refractivity contribution is -0.150. The van der Waals surface area contributed by atoms with Crippen molar-refractivity contribution in [3.8, 4) is 0 Å². The Hall–Kier alpha value is -2.90. The molecule has 0 aliphatic heterocycles. The van der Waals surface area contributed by atoms with Crippen molar-refractivity contribution in [2.75, 3.05) is 0 Å². The predicted octanol–water partition coefficient (Wildman–Crippen LogP) is 2.51. The molecule has 2 aromatic rings. The van der Waals surface area contributed by atoms with E-state index >= 15 is 0 Å². The standard InChI is InChI=1S/C22H26N2O5.ClH/c1-16(23)21(26)24-19(22(27)29-15-18-10-6-3-7-11-18)12-13-20(25)28-14-17-8-4-2-5-9-17;/h2-11,16,19H,12-15,23H2,1H3,(H,24,26);1H/t16-,19-;/m0./s1/i/hD. The third-order valence-electron chi connectivity index (χ3n) is 4.10. The highest BCUT2D eigenvalue weighted by molar-refractivity contribution is 5.87. The van der Waals surface area contributed by atoms with E-state index in [0.717, 1.165) is 11.1 Å². The summed E-state index contributed by atoms with van der Waals surface area (Å²) in [5.41, 5.74) is 3.72. The van der Waals surface area contributed by atoms with Crippen LogP contribution in [0.3, 0.4) is 0 Å². The zero-order valence-electron chi connectivity index (χ0n) is 17.7. The summed E-state index contributed by atoms with van der Waals surface area (Å²) >= 11 is 0. The number of ether oxygens (including phenoxy) is 2. The summed E-state index contributed by atoms with van der Waals surface area (Å²) in [6, 6.07) is 16.5. The van der Waals surface area contributed by atoms with Gasteiger partial charge < -0.3 is 20.5 Å². The van der Waals surface area contributed by atoms with Crippen LogP contribution >= 0.6 is 12.4 Å². The van der Waals surface area contributed by atoms with E-state index in [-0.39, 0.29) is 38.5 Å². The molecule has 0 bridgehead atoms. The van der Waals surface area contributed by atoms with Crippen LogP contribution in [-0.4, -0.2) is 29.9 Å². The molecule has 3 N–H and O–H groups in total. The van der Waals surface area contributed by atoms with Crippen LogP contribution in [0.25, 0.3) is 0 Å². The van der Waals surface area contributed by atoms with Gasteiger partial charge in [-0.05, 0) is 24.5 Å². The first kappa shape index (κ1) is 23.4. The normalized spacial score (nSPS) is 12.5. The number of nitrogens with two attached hydrogens (primary N) is 1. The van der Waals surface area contributed by atoms with E-state index < -0.39 is 29.9 Å². The summed E-state index contributed by atoms with van der Waals surface area (Å²) in [6.45, 7) is 1.68. The van der Waals surface area contributed by atoms with Gasteiger partial charge in [0.15, 0.2) is 0 Å². The van der Waals surface area contributed by atoms with Gasteiger partial charge in [-0.15, -0.1) is 12.4 Å². The lowest BCUT2D eigenvalue weighted by Crippen LogP contribution is -2.48. The van der Waals surface area contributed by atoms with Crippen molar-refractivity contribution >= 4 is 30.3 Å². The van der Waals surface area contributed by atoms with Crippen molar-refractivity contribution in [2.24, 2.45) is 5.73 Å². The zero-order chi connectivity index (χ0) is 21.8. The molecule has 0 aliphatic carbocycles. The Kier molecular flexibility index (Phi) is 10.4. The number of carbonyl (C=O) groups excluding carboxylic acids is 3.